The number of anilines is 2. The average Bonchev–Trinajstić information content (AvgIpc) is 3.14. The third kappa shape index (κ3) is 4.18. The number of furan rings is 1. The van der Waals surface area contributed by atoms with Crippen molar-refractivity contribution < 1.29 is 17.6 Å². The molecule has 0 aliphatic carbocycles. The van der Waals surface area contributed by atoms with E-state index in [2.05, 4.69) is 10.0 Å². The van der Waals surface area contributed by atoms with E-state index in [1.54, 1.807) is 56.7 Å². The van der Waals surface area contributed by atoms with E-state index in [0.29, 0.717) is 18.0 Å². The number of benzene rings is 2. The number of sulfonamides is 1. The largest absolute Gasteiger partial charge is 0.496 e. The number of rotatable bonds is 7. The summed E-state index contributed by atoms with van der Waals surface area (Å²) in [6, 6.07) is 15.5. The lowest BCUT2D eigenvalue weighted by molar-refractivity contribution is 0.411. The minimum atomic E-state index is -3.66. The molecule has 0 atom stereocenters. The summed E-state index contributed by atoms with van der Waals surface area (Å²) < 4.78 is 38.1. The second-order valence-electron chi connectivity index (χ2n) is 5.75. The summed E-state index contributed by atoms with van der Waals surface area (Å²) in [5, 5.41) is 3.20. The topological polar surface area (TPSA) is 80.6 Å². The Kier molecular flexibility index (Phi) is 5.18. The zero-order valence-corrected chi connectivity index (χ0v) is 15.3. The maximum absolute atomic E-state index is 12.5. The fraction of sp³-hybridized carbons (Fsp3) is 0.158. The summed E-state index contributed by atoms with van der Waals surface area (Å²) in [5.41, 5.74) is 2.11. The molecule has 7 heteroatoms. The maximum Gasteiger partial charge on any atom is 0.261 e. The fourth-order valence-electron chi connectivity index (χ4n) is 2.49. The summed E-state index contributed by atoms with van der Waals surface area (Å²) in [7, 11) is -2.11. The van der Waals surface area contributed by atoms with Crippen molar-refractivity contribution in [3.05, 3.63) is 72.2 Å². The highest BCUT2D eigenvalue weighted by molar-refractivity contribution is 7.92. The van der Waals surface area contributed by atoms with E-state index in [1.807, 2.05) is 12.1 Å². The predicted molar refractivity (Wildman–Crippen MR) is 101 cm³/mol. The number of nitrogens with one attached hydrogen (secondary N) is 2. The van der Waals surface area contributed by atoms with Crippen molar-refractivity contribution >= 4 is 21.4 Å². The second-order valence-corrected chi connectivity index (χ2v) is 7.43. The van der Waals surface area contributed by atoms with Crippen molar-refractivity contribution in [3.63, 3.8) is 0 Å². The van der Waals surface area contributed by atoms with Crippen molar-refractivity contribution in [1.29, 1.82) is 0 Å². The van der Waals surface area contributed by atoms with Crippen LogP contribution in [0.4, 0.5) is 11.4 Å². The molecule has 0 saturated carbocycles. The molecule has 0 spiro atoms. The molecule has 2 N–H and O–H groups in total. The molecule has 26 heavy (non-hydrogen) atoms. The normalized spacial score (nSPS) is 11.2. The lowest BCUT2D eigenvalue weighted by Gasteiger charge is -2.11. The average molecular weight is 372 g/mol. The zero-order chi connectivity index (χ0) is 18.6. The molecule has 0 aliphatic rings. The van der Waals surface area contributed by atoms with E-state index in [4.69, 9.17) is 9.15 Å². The van der Waals surface area contributed by atoms with Crippen LogP contribution in [0.15, 0.2) is 70.2 Å². The Labute approximate surface area is 152 Å². The fourth-order valence-corrected chi connectivity index (χ4v) is 3.63. The minimum Gasteiger partial charge on any atom is -0.496 e. The third-order valence-electron chi connectivity index (χ3n) is 3.86. The number of ether oxygens (including phenoxy) is 1. The molecule has 0 radical (unpaired) electrons. The Morgan fingerprint density at radius 2 is 1.77 bits per heavy atom. The van der Waals surface area contributed by atoms with Crippen LogP contribution in [0, 0.1) is 6.92 Å². The number of hydrogen-bond donors (Lipinski definition) is 2. The summed E-state index contributed by atoms with van der Waals surface area (Å²) in [6.45, 7) is 2.36. The summed E-state index contributed by atoms with van der Waals surface area (Å²) in [5.74, 6) is 1.47. The van der Waals surface area contributed by atoms with Crippen LogP contribution >= 0.6 is 0 Å². The second kappa shape index (κ2) is 7.53. The van der Waals surface area contributed by atoms with Crippen molar-refractivity contribution in [1.82, 2.24) is 0 Å². The first-order valence-corrected chi connectivity index (χ1v) is 9.50. The minimum absolute atomic E-state index is 0.191. The van der Waals surface area contributed by atoms with Crippen LogP contribution < -0.4 is 14.8 Å². The van der Waals surface area contributed by atoms with E-state index < -0.39 is 10.0 Å². The molecule has 0 saturated heterocycles. The van der Waals surface area contributed by atoms with E-state index in [-0.39, 0.29) is 4.90 Å². The molecular weight excluding hydrogens is 352 g/mol. The van der Waals surface area contributed by atoms with Gasteiger partial charge in [0.1, 0.15) is 11.5 Å². The van der Waals surface area contributed by atoms with E-state index in [0.717, 1.165) is 17.0 Å². The summed E-state index contributed by atoms with van der Waals surface area (Å²) >= 11 is 0. The lowest BCUT2D eigenvalue weighted by Crippen LogP contribution is -2.13. The Balaban J connectivity index is 1.68. The molecule has 0 fully saturated rings. The van der Waals surface area contributed by atoms with Gasteiger partial charge in [0, 0.05) is 11.4 Å². The van der Waals surface area contributed by atoms with Crippen LogP contribution in [0.5, 0.6) is 5.75 Å². The van der Waals surface area contributed by atoms with E-state index in [9.17, 15) is 8.42 Å². The maximum atomic E-state index is 12.5. The molecule has 0 aliphatic heterocycles. The molecule has 136 valence electrons. The molecule has 1 aromatic heterocycles. The Hall–Kier alpha value is -2.93. The SMILES string of the molecule is COc1ccc(S(=O)(=O)Nc2ccc(NCc3ccco3)cc2)cc1C. The van der Waals surface area contributed by atoms with Crippen molar-refractivity contribution in [2.45, 2.75) is 18.4 Å². The Morgan fingerprint density at radius 3 is 2.38 bits per heavy atom. The predicted octanol–water partition coefficient (Wildman–Crippen LogP) is 4.01. The summed E-state index contributed by atoms with van der Waals surface area (Å²) in [6.07, 6.45) is 1.62. The Bertz CT molecular complexity index is 965. The van der Waals surface area contributed by atoms with Crippen LogP contribution in [-0.2, 0) is 16.6 Å². The van der Waals surface area contributed by atoms with Crippen LogP contribution in [0.25, 0.3) is 0 Å². The molecule has 1 heterocycles. The highest BCUT2D eigenvalue weighted by Crippen LogP contribution is 2.24. The number of aryl methyl sites for hydroxylation is 1. The monoisotopic (exact) mass is 372 g/mol. The van der Waals surface area contributed by atoms with Crippen LogP contribution in [-0.4, -0.2) is 15.5 Å². The molecule has 0 unspecified atom stereocenters. The molecule has 0 bridgehead atoms. The molecular formula is C19H20N2O4S. The van der Waals surface area contributed by atoms with Crippen LogP contribution in [0.3, 0.4) is 0 Å². The van der Waals surface area contributed by atoms with Crippen molar-refractivity contribution in [2.75, 3.05) is 17.1 Å². The van der Waals surface area contributed by atoms with E-state index >= 15 is 0 Å². The van der Waals surface area contributed by atoms with E-state index in [1.165, 1.54) is 6.07 Å². The first-order chi connectivity index (χ1) is 12.5. The lowest BCUT2D eigenvalue weighted by atomic mass is 10.2. The van der Waals surface area contributed by atoms with Gasteiger partial charge < -0.3 is 14.5 Å². The number of hydrogen-bond acceptors (Lipinski definition) is 5. The highest BCUT2D eigenvalue weighted by Gasteiger charge is 2.15. The van der Waals surface area contributed by atoms with Gasteiger partial charge in [-0.15, -0.1) is 0 Å². The molecule has 3 aromatic rings. The van der Waals surface area contributed by atoms with Gasteiger partial charge in [-0.1, -0.05) is 0 Å². The Morgan fingerprint density at radius 1 is 1.04 bits per heavy atom. The van der Waals surface area contributed by atoms with Crippen LogP contribution in [0.2, 0.25) is 0 Å². The van der Waals surface area contributed by atoms with Gasteiger partial charge in [-0.05, 0) is 67.1 Å². The van der Waals surface area contributed by atoms with Gasteiger partial charge in [-0.25, -0.2) is 8.42 Å². The number of methoxy groups -OCH3 is 1. The first-order valence-electron chi connectivity index (χ1n) is 8.02. The van der Waals surface area contributed by atoms with Gasteiger partial charge in [-0.2, -0.15) is 0 Å². The smallest absolute Gasteiger partial charge is 0.261 e. The van der Waals surface area contributed by atoms with Gasteiger partial charge in [0.25, 0.3) is 10.0 Å². The molecule has 6 nitrogen and oxygen atoms in total. The molecule has 3 rings (SSSR count). The first kappa shape index (κ1) is 17.9. The standard InChI is InChI=1S/C19H20N2O4S/c1-14-12-18(9-10-19(14)24-2)26(22,23)21-16-7-5-15(6-8-16)20-13-17-4-3-11-25-17/h3-12,20-21H,13H2,1-2H3. The summed E-state index contributed by atoms with van der Waals surface area (Å²) in [4.78, 5) is 0.191. The van der Waals surface area contributed by atoms with Gasteiger partial charge in [-0.3, -0.25) is 4.72 Å². The molecule has 0 amide bonds. The van der Waals surface area contributed by atoms with Crippen molar-refractivity contribution in [3.8, 4) is 5.75 Å². The van der Waals surface area contributed by atoms with Gasteiger partial charge in [0.15, 0.2) is 0 Å². The van der Waals surface area contributed by atoms with Crippen molar-refractivity contribution in [2.24, 2.45) is 0 Å². The highest BCUT2D eigenvalue weighted by atomic mass is 32.2. The van der Waals surface area contributed by atoms with Gasteiger partial charge >= 0.3 is 0 Å². The van der Waals surface area contributed by atoms with Gasteiger partial charge in [0.2, 0.25) is 0 Å². The third-order valence-corrected chi connectivity index (χ3v) is 5.24. The van der Waals surface area contributed by atoms with Crippen LogP contribution in [0.1, 0.15) is 11.3 Å². The van der Waals surface area contributed by atoms with Gasteiger partial charge in [0.05, 0.1) is 24.8 Å². The zero-order valence-electron chi connectivity index (χ0n) is 14.5. The molecule has 2 aromatic carbocycles. The quantitative estimate of drug-likeness (QED) is 0.655.